The predicted octanol–water partition coefficient (Wildman–Crippen LogP) is 5.66. The molecule has 0 unspecified atom stereocenters. The number of rotatable bonds is 5. The van der Waals surface area contributed by atoms with Crippen LogP contribution in [0.4, 0.5) is 5.69 Å². The second kappa shape index (κ2) is 9.17. The topological polar surface area (TPSA) is 32.6 Å². The highest BCUT2D eigenvalue weighted by Crippen LogP contribution is 2.36. The van der Waals surface area contributed by atoms with Crippen LogP contribution in [0.1, 0.15) is 5.56 Å². The van der Waals surface area contributed by atoms with E-state index in [-0.39, 0.29) is 5.75 Å². The summed E-state index contributed by atoms with van der Waals surface area (Å²) in [7, 11) is -0.747. The maximum absolute atomic E-state index is 10.1. The maximum atomic E-state index is 10.1. The summed E-state index contributed by atoms with van der Waals surface area (Å²) in [4.78, 5) is 4.76. The molecule has 142 valence electrons. The van der Waals surface area contributed by atoms with Crippen LogP contribution in [0.5, 0.6) is 5.75 Å². The van der Waals surface area contributed by atoms with Crippen molar-refractivity contribution >= 4 is 51.7 Å². The van der Waals surface area contributed by atoms with Gasteiger partial charge in [0, 0.05) is 21.6 Å². The van der Waals surface area contributed by atoms with Gasteiger partial charge in [-0.2, -0.15) is 0 Å². The van der Waals surface area contributed by atoms with Gasteiger partial charge >= 0.3 is 0 Å². The van der Waals surface area contributed by atoms with Gasteiger partial charge in [0.2, 0.25) is 0 Å². The van der Waals surface area contributed by atoms with Gasteiger partial charge in [0.15, 0.2) is 0 Å². The first-order chi connectivity index (χ1) is 14.2. The average Bonchev–Trinajstić information content (AvgIpc) is 2.77. The molecule has 0 amide bonds. The van der Waals surface area contributed by atoms with Crippen molar-refractivity contribution in [2.75, 3.05) is 0 Å². The van der Waals surface area contributed by atoms with Crippen LogP contribution in [0.2, 0.25) is 0 Å². The number of aromatic hydroxyl groups is 1. The van der Waals surface area contributed by atoms with Crippen LogP contribution in [-0.2, 0) is 0 Å². The maximum Gasteiger partial charge on any atom is 0.124 e. The number of phenolic OH excluding ortho intramolecular Hbond substituents is 1. The van der Waals surface area contributed by atoms with Crippen LogP contribution in [0.25, 0.3) is 0 Å². The molecule has 0 aliphatic rings. The standard InChI is InChI=1S/C25H19BrNOP/c26-20-15-16-24(28)19(17-20)18-27-23-13-7-8-14-25(23)29(21-9-3-1-4-10-21)22-11-5-2-6-12-22/h1-18,28H. The first-order valence-corrected chi connectivity index (χ1v) is 11.4. The molecule has 0 heterocycles. The number of hydrogen-bond donors (Lipinski definition) is 1. The van der Waals surface area contributed by atoms with E-state index in [1.807, 2.05) is 36.4 Å². The average molecular weight is 460 g/mol. The van der Waals surface area contributed by atoms with Crippen molar-refractivity contribution in [3.05, 3.63) is 113 Å². The summed E-state index contributed by atoms with van der Waals surface area (Å²) in [6.45, 7) is 0. The zero-order valence-corrected chi connectivity index (χ0v) is 18.1. The van der Waals surface area contributed by atoms with E-state index in [9.17, 15) is 5.11 Å². The molecule has 0 aliphatic heterocycles. The number of nitrogens with zero attached hydrogens (tertiary/aromatic N) is 1. The minimum atomic E-state index is -0.747. The zero-order valence-electron chi connectivity index (χ0n) is 15.6. The molecule has 0 radical (unpaired) electrons. The summed E-state index contributed by atoms with van der Waals surface area (Å²) in [5.41, 5.74) is 1.59. The molecule has 2 nitrogen and oxygen atoms in total. The molecule has 0 saturated heterocycles. The summed E-state index contributed by atoms with van der Waals surface area (Å²) in [6, 6.07) is 34.7. The number of phenols is 1. The van der Waals surface area contributed by atoms with E-state index in [2.05, 4.69) is 76.6 Å². The van der Waals surface area contributed by atoms with Crippen LogP contribution in [0.3, 0.4) is 0 Å². The minimum Gasteiger partial charge on any atom is -0.507 e. The fourth-order valence-electron chi connectivity index (χ4n) is 3.11. The van der Waals surface area contributed by atoms with E-state index in [1.165, 1.54) is 15.9 Å². The highest BCUT2D eigenvalue weighted by Gasteiger charge is 2.18. The molecule has 4 rings (SSSR count). The summed E-state index contributed by atoms with van der Waals surface area (Å²) >= 11 is 3.45. The van der Waals surface area contributed by atoms with E-state index < -0.39 is 7.92 Å². The zero-order chi connectivity index (χ0) is 20.1. The molecule has 0 atom stereocenters. The molecule has 0 fully saturated rings. The molecule has 0 bridgehead atoms. The molecular weight excluding hydrogens is 441 g/mol. The molecule has 0 aliphatic carbocycles. The normalized spacial score (nSPS) is 11.2. The van der Waals surface area contributed by atoms with Gasteiger partial charge in [-0.15, -0.1) is 0 Å². The van der Waals surface area contributed by atoms with E-state index in [0.29, 0.717) is 5.56 Å². The fraction of sp³-hybridized carbons (Fsp3) is 0. The van der Waals surface area contributed by atoms with E-state index in [0.717, 1.165) is 10.2 Å². The van der Waals surface area contributed by atoms with Gasteiger partial charge in [0.25, 0.3) is 0 Å². The Balaban J connectivity index is 1.81. The van der Waals surface area contributed by atoms with Crippen molar-refractivity contribution < 1.29 is 5.11 Å². The number of halogens is 1. The van der Waals surface area contributed by atoms with Gasteiger partial charge in [-0.3, -0.25) is 4.99 Å². The molecule has 0 saturated carbocycles. The summed E-state index contributed by atoms with van der Waals surface area (Å²) in [6.07, 6.45) is 1.72. The molecule has 1 N–H and O–H groups in total. The monoisotopic (exact) mass is 459 g/mol. The lowest BCUT2D eigenvalue weighted by Crippen LogP contribution is -2.20. The fourth-order valence-corrected chi connectivity index (χ4v) is 5.88. The van der Waals surface area contributed by atoms with Crippen LogP contribution in [0, 0.1) is 0 Å². The van der Waals surface area contributed by atoms with E-state index in [4.69, 9.17) is 4.99 Å². The SMILES string of the molecule is Oc1ccc(Br)cc1C=Nc1ccccc1P(c1ccccc1)c1ccccc1. The Morgan fingerprint density at radius 3 is 1.97 bits per heavy atom. The third-order valence-corrected chi connectivity index (χ3v) is 7.47. The van der Waals surface area contributed by atoms with Crippen molar-refractivity contribution in [2.45, 2.75) is 0 Å². The van der Waals surface area contributed by atoms with Gasteiger partial charge in [0.1, 0.15) is 5.75 Å². The molecular formula is C25H19BrNOP. The van der Waals surface area contributed by atoms with Gasteiger partial charge in [0.05, 0.1) is 5.69 Å². The first kappa shape index (κ1) is 19.6. The lowest BCUT2D eigenvalue weighted by atomic mass is 10.2. The predicted molar refractivity (Wildman–Crippen MR) is 128 cm³/mol. The Morgan fingerprint density at radius 1 is 0.724 bits per heavy atom. The molecule has 4 heteroatoms. The van der Waals surface area contributed by atoms with Gasteiger partial charge in [-0.05, 0) is 42.8 Å². The van der Waals surface area contributed by atoms with Gasteiger partial charge < -0.3 is 5.11 Å². The number of para-hydroxylation sites is 1. The second-order valence-corrected chi connectivity index (χ2v) is 9.56. The van der Waals surface area contributed by atoms with E-state index in [1.54, 1.807) is 12.3 Å². The molecule has 4 aromatic carbocycles. The van der Waals surface area contributed by atoms with Crippen LogP contribution >= 0.6 is 23.9 Å². The molecule has 4 aromatic rings. The smallest absolute Gasteiger partial charge is 0.124 e. The van der Waals surface area contributed by atoms with Crippen LogP contribution in [-0.4, -0.2) is 11.3 Å². The molecule has 0 aromatic heterocycles. The van der Waals surface area contributed by atoms with Crippen molar-refractivity contribution in [3.8, 4) is 5.75 Å². The lowest BCUT2D eigenvalue weighted by molar-refractivity contribution is 0.474. The van der Waals surface area contributed by atoms with Crippen molar-refractivity contribution in [3.63, 3.8) is 0 Å². The summed E-state index contributed by atoms with van der Waals surface area (Å²) in [5, 5.41) is 13.9. The molecule has 29 heavy (non-hydrogen) atoms. The minimum absolute atomic E-state index is 0.211. The van der Waals surface area contributed by atoms with E-state index >= 15 is 0 Å². The van der Waals surface area contributed by atoms with Gasteiger partial charge in [-0.1, -0.05) is 94.8 Å². The Bertz CT molecular complexity index is 1090. The third kappa shape index (κ3) is 4.64. The Morgan fingerprint density at radius 2 is 1.31 bits per heavy atom. The second-order valence-electron chi connectivity index (χ2n) is 6.46. The Labute approximate surface area is 180 Å². The number of benzene rings is 4. The Hall–Kier alpha value is -2.74. The quantitative estimate of drug-likeness (QED) is 0.303. The molecule has 0 spiro atoms. The van der Waals surface area contributed by atoms with Crippen molar-refractivity contribution in [1.29, 1.82) is 0 Å². The van der Waals surface area contributed by atoms with Crippen LogP contribution < -0.4 is 15.9 Å². The van der Waals surface area contributed by atoms with Crippen molar-refractivity contribution in [1.82, 2.24) is 0 Å². The largest absolute Gasteiger partial charge is 0.507 e. The first-order valence-electron chi connectivity index (χ1n) is 9.24. The summed E-state index contributed by atoms with van der Waals surface area (Å²) < 4.78 is 0.904. The lowest BCUT2D eigenvalue weighted by Gasteiger charge is -2.20. The number of aliphatic imine (C=N–C) groups is 1. The number of hydrogen-bond acceptors (Lipinski definition) is 2. The van der Waals surface area contributed by atoms with Crippen molar-refractivity contribution in [2.24, 2.45) is 4.99 Å². The van der Waals surface area contributed by atoms with Crippen LogP contribution in [0.15, 0.2) is 113 Å². The van der Waals surface area contributed by atoms with Gasteiger partial charge in [-0.25, -0.2) is 0 Å². The highest BCUT2D eigenvalue weighted by atomic mass is 79.9. The summed E-state index contributed by atoms with van der Waals surface area (Å²) in [5.74, 6) is 0.211. The highest BCUT2D eigenvalue weighted by molar-refractivity contribution is 9.10. The Kier molecular flexibility index (Phi) is 6.19. The third-order valence-electron chi connectivity index (χ3n) is 4.48.